The first-order valence-electron chi connectivity index (χ1n) is 8.25. The van der Waals surface area contributed by atoms with Crippen LogP contribution < -0.4 is 4.90 Å². The molecule has 0 fully saturated rings. The number of amides is 1. The zero-order valence-corrected chi connectivity index (χ0v) is 19.2. The van der Waals surface area contributed by atoms with E-state index in [-0.39, 0.29) is 6.09 Å². The fourth-order valence-electron chi connectivity index (χ4n) is 2.03. The Balaban J connectivity index is 0.00000254. The van der Waals surface area contributed by atoms with Crippen molar-refractivity contribution >= 4 is 43.6 Å². The van der Waals surface area contributed by atoms with Crippen molar-refractivity contribution < 1.29 is 9.53 Å². The topological polar surface area (TPSA) is 42.4 Å². The van der Waals surface area contributed by atoms with Gasteiger partial charge in [0.25, 0.3) is 0 Å². The summed E-state index contributed by atoms with van der Waals surface area (Å²) in [6.07, 6.45) is 1.42. The maximum absolute atomic E-state index is 12.7. The van der Waals surface area contributed by atoms with Gasteiger partial charge < -0.3 is 4.74 Å². The number of aryl methyl sites for hydroxylation is 1. The van der Waals surface area contributed by atoms with Crippen LogP contribution in [0, 0.1) is 19.8 Å². The van der Waals surface area contributed by atoms with E-state index >= 15 is 0 Å². The summed E-state index contributed by atoms with van der Waals surface area (Å²) >= 11 is 6.97. The van der Waals surface area contributed by atoms with E-state index in [9.17, 15) is 4.79 Å². The molecule has 1 heterocycles. The van der Waals surface area contributed by atoms with E-state index in [1.54, 1.807) is 11.1 Å². The minimum absolute atomic E-state index is 0.297. The fourth-order valence-corrected chi connectivity index (χ4v) is 2.52. The van der Waals surface area contributed by atoms with E-state index in [1.807, 2.05) is 48.5 Å². The molecular formula is C18H30Br2N2O2. The fraction of sp³-hybridized carbons (Fsp3) is 0.667. The van der Waals surface area contributed by atoms with Crippen LogP contribution in [0.15, 0.2) is 10.7 Å². The lowest BCUT2D eigenvalue weighted by molar-refractivity contribution is 0.0576. The minimum Gasteiger partial charge on any atom is -0.443 e. The summed E-state index contributed by atoms with van der Waals surface area (Å²) in [6.45, 7) is 16.2. The van der Waals surface area contributed by atoms with Crippen molar-refractivity contribution in [2.75, 3.05) is 16.8 Å². The highest BCUT2D eigenvalue weighted by Crippen LogP contribution is 2.31. The molecule has 1 atom stereocenters. The van der Waals surface area contributed by atoms with Gasteiger partial charge >= 0.3 is 6.09 Å². The number of anilines is 1. The highest BCUT2D eigenvalue weighted by atomic mass is 79.9. The molecule has 0 aliphatic carbocycles. The molecule has 4 nitrogen and oxygen atoms in total. The Morgan fingerprint density at radius 1 is 1.33 bits per heavy atom. The third-order valence-electron chi connectivity index (χ3n) is 3.07. The van der Waals surface area contributed by atoms with Crippen molar-refractivity contribution in [2.24, 2.45) is 5.92 Å². The zero-order valence-electron chi connectivity index (χ0n) is 16.0. The second-order valence-corrected chi connectivity index (χ2v) is 8.02. The number of carbonyl (C=O) groups is 1. The van der Waals surface area contributed by atoms with Crippen LogP contribution in [-0.2, 0) is 4.74 Å². The molecule has 24 heavy (non-hydrogen) atoms. The van der Waals surface area contributed by atoms with E-state index in [2.05, 4.69) is 43.8 Å². The summed E-state index contributed by atoms with van der Waals surface area (Å²) in [5.41, 5.74) is 2.08. The first-order valence-corrected chi connectivity index (χ1v) is 10.2. The summed E-state index contributed by atoms with van der Waals surface area (Å²) in [5.74, 6) is 0.297. The zero-order chi connectivity index (χ0) is 19.1. The Labute approximate surface area is 163 Å². The van der Waals surface area contributed by atoms with Crippen molar-refractivity contribution in [3.05, 3.63) is 21.9 Å². The summed E-state index contributed by atoms with van der Waals surface area (Å²) < 4.78 is 6.46. The highest BCUT2D eigenvalue weighted by Gasteiger charge is 2.27. The summed E-state index contributed by atoms with van der Waals surface area (Å²) in [7, 11) is 0. The van der Waals surface area contributed by atoms with Gasteiger partial charge in [-0.25, -0.2) is 4.79 Å². The van der Waals surface area contributed by atoms with Crippen LogP contribution in [0.3, 0.4) is 0 Å². The lowest BCUT2D eigenvalue weighted by Crippen LogP contribution is -2.40. The maximum atomic E-state index is 12.7. The standard InChI is InChI=1S/C16H24Br2N2O2.C2H6/c1-10(7-17)9-20(15(21)22-16(4,5)6)14-11(2)13(18)8-19-12(14)3;1-2/h8,10H,7,9H2,1-6H3;1-2H3. The van der Waals surface area contributed by atoms with Crippen LogP contribution in [0.1, 0.15) is 52.8 Å². The first-order chi connectivity index (χ1) is 11.1. The Morgan fingerprint density at radius 2 is 1.88 bits per heavy atom. The van der Waals surface area contributed by atoms with Gasteiger partial charge in [-0.3, -0.25) is 9.88 Å². The molecule has 0 aromatic carbocycles. The third-order valence-corrected chi connectivity index (χ3v) is 4.97. The summed E-state index contributed by atoms with van der Waals surface area (Å²) in [6, 6.07) is 0. The molecule has 1 rings (SSSR count). The van der Waals surface area contributed by atoms with Gasteiger partial charge in [0, 0.05) is 22.5 Å². The molecule has 1 unspecified atom stereocenters. The molecule has 0 saturated carbocycles. The predicted molar refractivity (Wildman–Crippen MR) is 109 cm³/mol. The van der Waals surface area contributed by atoms with Gasteiger partial charge in [-0.2, -0.15) is 0 Å². The highest BCUT2D eigenvalue weighted by molar-refractivity contribution is 9.10. The van der Waals surface area contributed by atoms with Crippen LogP contribution in [0.5, 0.6) is 0 Å². The van der Waals surface area contributed by atoms with Crippen LogP contribution in [0.4, 0.5) is 10.5 Å². The molecule has 0 spiro atoms. The van der Waals surface area contributed by atoms with Crippen LogP contribution in [-0.4, -0.2) is 28.6 Å². The summed E-state index contributed by atoms with van der Waals surface area (Å²) in [4.78, 5) is 18.7. The normalized spacial score (nSPS) is 12.1. The lowest BCUT2D eigenvalue weighted by atomic mass is 10.1. The predicted octanol–water partition coefficient (Wildman–Crippen LogP) is 6.26. The Bertz CT molecular complexity index is 543. The Kier molecular flexibility index (Phi) is 10.1. The van der Waals surface area contributed by atoms with E-state index in [1.165, 1.54) is 0 Å². The van der Waals surface area contributed by atoms with Gasteiger partial charge in [-0.15, -0.1) is 0 Å². The van der Waals surface area contributed by atoms with Crippen molar-refractivity contribution in [3.63, 3.8) is 0 Å². The van der Waals surface area contributed by atoms with Crippen LogP contribution in [0.2, 0.25) is 0 Å². The molecule has 0 saturated heterocycles. The Hall–Kier alpha value is -0.620. The number of aromatic nitrogens is 1. The molecule has 6 heteroatoms. The molecule has 0 radical (unpaired) electrons. The smallest absolute Gasteiger partial charge is 0.414 e. The molecule has 0 bridgehead atoms. The van der Waals surface area contributed by atoms with Crippen LogP contribution >= 0.6 is 31.9 Å². The average molecular weight is 466 g/mol. The van der Waals surface area contributed by atoms with Crippen molar-refractivity contribution in [1.29, 1.82) is 0 Å². The number of nitrogens with zero attached hydrogens (tertiary/aromatic N) is 2. The molecule has 0 aliphatic rings. The SMILES string of the molecule is CC.Cc1ncc(Br)c(C)c1N(CC(C)CBr)C(=O)OC(C)(C)C. The van der Waals surface area contributed by atoms with Gasteiger partial charge in [-0.1, -0.05) is 36.7 Å². The van der Waals surface area contributed by atoms with Gasteiger partial charge in [-0.05, 0) is 62.0 Å². The van der Waals surface area contributed by atoms with Crippen molar-refractivity contribution in [2.45, 2.75) is 61.0 Å². The summed E-state index contributed by atoms with van der Waals surface area (Å²) in [5, 5.41) is 0.811. The molecule has 0 aliphatic heterocycles. The van der Waals surface area contributed by atoms with Gasteiger partial charge in [0.2, 0.25) is 0 Å². The van der Waals surface area contributed by atoms with Gasteiger partial charge in [0.15, 0.2) is 0 Å². The van der Waals surface area contributed by atoms with Gasteiger partial charge in [0.1, 0.15) is 5.60 Å². The monoisotopic (exact) mass is 464 g/mol. The number of pyridine rings is 1. The van der Waals surface area contributed by atoms with E-state index < -0.39 is 5.60 Å². The van der Waals surface area contributed by atoms with E-state index in [0.29, 0.717) is 12.5 Å². The maximum Gasteiger partial charge on any atom is 0.414 e. The molecule has 0 N–H and O–H groups in total. The average Bonchev–Trinajstić information content (AvgIpc) is 2.50. The van der Waals surface area contributed by atoms with E-state index in [4.69, 9.17) is 4.74 Å². The second kappa shape index (κ2) is 10.4. The number of rotatable bonds is 4. The lowest BCUT2D eigenvalue weighted by Gasteiger charge is -2.30. The number of hydrogen-bond acceptors (Lipinski definition) is 3. The number of halogens is 2. The Morgan fingerprint density at radius 3 is 2.33 bits per heavy atom. The van der Waals surface area contributed by atoms with Crippen molar-refractivity contribution in [3.8, 4) is 0 Å². The second-order valence-electron chi connectivity index (χ2n) is 6.52. The first kappa shape index (κ1) is 23.4. The van der Waals surface area contributed by atoms with Gasteiger partial charge in [0.05, 0.1) is 11.4 Å². The largest absolute Gasteiger partial charge is 0.443 e. The molecule has 1 aromatic heterocycles. The third kappa shape index (κ3) is 7.09. The number of alkyl halides is 1. The van der Waals surface area contributed by atoms with Crippen molar-refractivity contribution in [1.82, 2.24) is 4.98 Å². The number of hydrogen-bond donors (Lipinski definition) is 0. The number of ether oxygens (including phenoxy) is 1. The number of carbonyl (C=O) groups excluding carboxylic acids is 1. The minimum atomic E-state index is -0.534. The van der Waals surface area contributed by atoms with E-state index in [0.717, 1.165) is 26.7 Å². The molecule has 1 amide bonds. The molecule has 138 valence electrons. The molecular weight excluding hydrogens is 436 g/mol. The quantitative estimate of drug-likeness (QED) is 0.492. The molecule has 1 aromatic rings. The van der Waals surface area contributed by atoms with Crippen LogP contribution in [0.25, 0.3) is 0 Å².